The monoisotopic (exact) mass is 464 g/mol. The van der Waals surface area contributed by atoms with E-state index in [0.717, 1.165) is 12.1 Å². The van der Waals surface area contributed by atoms with E-state index in [1.807, 2.05) is 6.92 Å². The van der Waals surface area contributed by atoms with Gasteiger partial charge in [-0.1, -0.05) is 12.1 Å². The fraction of sp³-hybridized carbons (Fsp3) is 0.478. The number of amides is 1. The molecule has 1 atom stereocenters. The Balaban J connectivity index is 1.60. The van der Waals surface area contributed by atoms with Crippen molar-refractivity contribution < 1.29 is 27.8 Å². The van der Waals surface area contributed by atoms with Crippen molar-refractivity contribution in [1.82, 2.24) is 15.3 Å². The van der Waals surface area contributed by atoms with Crippen molar-refractivity contribution in [3.8, 4) is 0 Å². The molecular formula is C23H27F3N4O3. The van der Waals surface area contributed by atoms with Crippen molar-refractivity contribution in [2.45, 2.75) is 45.3 Å². The maximum absolute atomic E-state index is 13.0. The molecule has 0 radical (unpaired) electrons. The van der Waals surface area contributed by atoms with Gasteiger partial charge in [-0.3, -0.25) is 10.4 Å². The number of rotatable bonds is 3. The highest BCUT2D eigenvalue weighted by Crippen LogP contribution is 2.40. The van der Waals surface area contributed by atoms with Crippen LogP contribution in [-0.4, -0.2) is 52.2 Å². The van der Waals surface area contributed by atoms with Gasteiger partial charge in [0.2, 0.25) is 5.88 Å². The van der Waals surface area contributed by atoms with E-state index in [1.165, 1.54) is 17.1 Å². The number of likely N-dealkylation sites (tertiary alicyclic amines) is 1. The molecular weight excluding hydrogens is 437 g/mol. The lowest BCUT2D eigenvalue weighted by atomic mass is 9.78. The molecule has 3 aliphatic heterocycles. The molecule has 7 nitrogen and oxygen atoms in total. The number of halogens is 3. The van der Waals surface area contributed by atoms with Crippen LogP contribution in [-0.2, 0) is 10.9 Å². The van der Waals surface area contributed by atoms with E-state index in [-0.39, 0.29) is 17.9 Å². The van der Waals surface area contributed by atoms with Gasteiger partial charge in [0.15, 0.2) is 5.84 Å². The van der Waals surface area contributed by atoms with Crippen LogP contribution < -0.4 is 5.43 Å². The maximum Gasteiger partial charge on any atom is 0.416 e. The number of aliphatic hydroxyl groups is 1. The molecule has 33 heavy (non-hydrogen) atoms. The van der Waals surface area contributed by atoms with Crippen LogP contribution in [0, 0.1) is 5.92 Å². The SMILES string of the molecule is CCOC(=O)N1CCC(C2(C)C=C(O)N3NC(C)=C(c4ccc(C(F)(F)F)cc4)C3=N2)CC1. The molecule has 1 aromatic carbocycles. The molecule has 3 aliphatic rings. The molecule has 178 valence electrons. The minimum absolute atomic E-state index is 0.0171. The normalized spacial score (nSPS) is 23.7. The smallest absolute Gasteiger partial charge is 0.416 e. The third kappa shape index (κ3) is 4.26. The van der Waals surface area contributed by atoms with E-state index in [0.29, 0.717) is 55.2 Å². The van der Waals surface area contributed by atoms with E-state index in [1.54, 1.807) is 24.8 Å². The highest BCUT2D eigenvalue weighted by molar-refractivity contribution is 6.25. The summed E-state index contributed by atoms with van der Waals surface area (Å²) in [6.07, 6.45) is -1.69. The summed E-state index contributed by atoms with van der Waals surface area (Å²) in [5.41, 5.74) is 3.47. The first-order valence-electron chi connectivity index (χ1n) is 10.9. The predicted molar refractivity (Wildman–Crippen MR) is 117 cm³/mol. The number of carbonyl (C=O) groups excluding carboxylic acids is 1. The highest BCUT2D eigenvalue weighted by atomic mass is 19.4. The number of amidine groups is 1. The van der Waals surface area contributed by atoms with E-state index in [9.17, 15) is 23.1 Å². The number of hydrogen-bond donors (Lipinski definition) is 2. The number of alkyl halides is 3. The van der Waals surface area contributed by atoms with Gasteiger partial charge in [-0.2, -0.15) is 13.2 Å². The van der Waals surface area contributed by atoms with Gasteiger partial charge in [-0.25, -0.2) is 9.80 Å². The van der Waals surface area contributed by atoms with Crippen molar-refractivity contribution in [2.24, 2.45) is 10.9 Å². The number of piperidine rings is 1. The summed E-state index contributed by atoms with van der Waals surface area (Å²) in [4.78, 5) is 18.7. The number of carbonyl (C=O) groups is 1. The first-order valence-corrected chi connectivity index (χ1v) is 10.9. The van der Waals surface area contributed by atoms with Crippen LogP contribution in [0.2, 0.25) is 0 Å². The summed E-state index contributed by atoms with van der Waals surface area (Å²) in [5, 5.41) is 12.2. The number of hydrazine groups is 1. The summed E-state index contributed by atoms with van der Waals surface area (Å²) in [6, 6.07) is 4.92. The molecule has 3 heterocycles. The van der Waals surface area contributed by atoms with Crippen molar-refractivity contribution in [3.63, 3.8) is 0 Å². The number of benzene rings is 1. The molecule has 0 bridgehead atoms. The summed E-state index contributed by atoms with van der Waals surface area (Å²) < 4.78 is 44.1. The Morgan fingerprint density at radius 3 is 2.48 bits per heavy atom. The van der Waals surface area contributed by atoms with E-state index < -0.39 is 17.3 Å². The van der Waals surface area contributed by atoms with Crippen LogP contribution in [0.5, 0.6) is 0 Å². The second kappa shape index (κ2) is 8.31. The van der Waals surface area contributed by atoms with Crippen LogP contribution in [0.4, 0.5) is 18.0 Å². The van der Waals surface area contributed by atoms with Crippen LogP contribution in [0.3, 0.4) is 0 Å². The first-order chi connectivity index (χ1) is 15.5. The zero-order valence-electron chi connectivity index (χ0n) is 18.7. The van der Waals surface area contributed by atoms with Crippen molar-refractivity contribution in [3.05, 3.63) is 53.0 Å². The van der Waals surface area contributed by atoms with Crippen molar-refractivity contribution in [1.29, 1.82) is 0 Å². The van der Waals surface area contributed by atoms with Crippen LogP contribution in [0.15, 0.2) is 46.9 Å². The number of ether oxygens (including phenoxy) is 1. The van der Waals surface area contributed by atoms with Gasteiger partial charge in [0.25, 0.3) is 0 Å². The van der Waals surface area contributed by atoms with Gasteiger partial charge in [0, 0.05) is 30.4 Å². The van der Waals surface area contributed by atoms with Crippen LogP contribution in [0.1, 0.15) is 44.7 Å². The molecule has 0 aliphatic carbocycles. The Morgan fingerprint density at radius 2 is 1.91 bits per heavy atom. The largest absolute Gasteiger partial charge is 0.493 e. The third-order valence-electron chi connectivity index (χ3n) is 6.44. The molecule has 0 spiro atoms. The first kappa shape index (κ1) is 23.0. The quantitative estimate of drug-likeness (QED) is 0.679. The lowest BCUT2D eigenvalue weighted by Crippen LogP contribution is -2.48. The topological polar surface area (TPSA) is 77.4 Å². The van der Waals surface area contributed by atoms with Gasteiger partial charge in [-0.05, 0) is 57.2 Å². The summed E-state index contributed by atoms with van der Waals surface area (Å²) in [6.45, 7) is 6.86. The zero-order chi connectivity index (χ0) is 24.0. The molecule has 10 heteroatoms. The van der Waals surface area contributed by atoms with E-state index in [2.05, 4.69) is 5.43 Å². The Morgan fingerprint density at radius 1 is 1.27 bits per heavy atom. The average Bonchev–Trinajstić information content (AvgIpc) is 3.09. The fourth-order valence-electron chi connectivity index (χ4n) is 4.66. The molecule has 0 aromatic heterocycles. The van der Waals surface area contributed by atoms with Gasteiger partial charge in [0.05, 0.1) is 17.7 Å². The zero-order valence-corrected chi connectivity index (χ0v) is 18.7. The number of fused-ring (bicyclic) bond motifs is 1. The molecule has 1 saturated heterocycles. The molecule has 1 aromatic rings. The van der Waals surface area contributed by atoms with Crippen LogP contribution in [0.25, 0.3) is 5.57 Å². The number of aliphatic hydroxyl groups excluding tert-OH is 1. The number of nitrogens with one attached hydrogen (secondary N) is 1. The van der Waals surface area contributed by atoms with Crippen LogP contribution >= 0.6 is 0 Å². The third-order valence-corrected chi connectivity index (χ3v) is 6.44. The fourth-order valence-corrected chi connectivity index (χ4v) is 4.66. The number of allylic oxidation sites excluding steroid dienone is 1. The van der Waals surface area contributed by atoms with Crippen molar-refractivity contribution in [2.75, 3.05) is 19.7 Å². The lowest BCUT2D eigenvalue weighted by Gasteiger charge is -2.41. The van der Waals surface area contributed by atoms with E-state index >= 15 is 0 Å². The Kier molecular flexibility index (Phi) is 5.79. The maximum atomic E-state index is 13.0. The van der Waals surface area contributed by atoms with Gasteiger partial charge in [0.1, 0.15) is 0 Å². The Labute approximate surface area is 190 Å². The van der Waals surface area contributed by atoms with Gasteiger partial charge >= 0.3 is 12.3 Å². The molecule has 2 N–H and O–H groups in total. The molecule has 1 amide bonds. The average molecular weight is 464 g/mol. The predicted octanol–water partition coefficient (Wildman–Crippen LogP) is 4.70. The van der Waals surface area contributed by atoms with Gasteiger partial charge in [-0.15, -0.1) is 0 Å². The minimum atomic E-state index is -4.41. The van der Waals surface area contributed by atoms with E-state index in [4.69, 9.17) is 9.73 Å². The molecule has 0 saturated carbocycles. The lowest BCUT2D eigenvalue weighted by molar-refractivity contribution is -0.137. The van der Waals surface area contributed by atoms with Crippen molar-refractivity contribution >= 4 is 17.5 Å². The standard InChI is InChI=1S/C23H27F3N4O3/c1-4-33-21(32)29-11-9-16(10-12-29)22(3)13-18(31)30-20(27-22)19(14(2)28-30)15-5-7-17(8-6-15)23(24,25)26/h5-8,13,16,28,31H,4,9-12H2,1-3H3. The number of nitrogens with zero attached hydrogens (tertiary/aromatic N) is 3. The minimum Gasteiger partial charge on any atom is -0.493 e. The Bertz CT molecular complexity index is 1020. The molecule has 1 unspecified atom stereocenters. The molecule has 4 rings (SSSR count). The van der Waals surface area contributed by atoms with Gasteiger partial charge < -0.3 is 14.7 Å². The summed E-state index contributed by atoms with van der Waals surface area (Å²) in [5.74, 6) is 0.508. The molecule has 1 fully saturated rings. The highest BCUT2D eigenvalue weighted by Gasteiger charge is 2.43. The second-order valence-electron chi connectivity index (χ2n) is 8.65. The Hall–Kier alpha value is -3.17. The number of aliphatic imine (C=N–C) groups is 1. The summed E-state index contributed by atoms with van der Waals surface area (Å²) in [7, 11) is 0. The number of hydrogen-bond acceptors (Lipinski definition) is 6. The second-order valence-corrected chi connectivity index (χ2v) is 8.65. The summed E-state index contributed by atoms with van der Waals surface area (Å²) >= 11 is 0.